The van der Waals surface area contributed by atoms with Crippen molar-refractivity contribution in [2.24, 2.45) is 0 Å². The van der Waals surface area contributed by atoms with Crippen LogP contribution in [0.25, 0.3) is 11.1 Å². The third kappa shape index (κ3) is 9.12. The van der Waals surface area contributed by atoms with Crippen LogP contribution >= 0.6 is 11.8 Å². The number of rotatable bonds is 14. The quantitative estimate of drug-likeness (QED) is 0.105. The molecular weight excluding hydrogens is 556 g/mol. The highest BCUT2D eigenvalue weighted by atomic mass is 32.2. The number of aliphatic hydroxyl groups excluding tert-OH is 2. The van der Waals surface area contributed by atoms with E-state index in [-0.39, 0.29) is 44.2 Å². The normalized spacial score (nSPS) is 18.4. The summed E-state index contributed by atoms with van der Waals surface area (Å²) < 4.78 is 12.8. The van der Waals surface area contributed by atoms with Gasteiger partial charge >= 0.3 is 0 Å². The second-order valence-corrected chi connectivity index (χ2v) is 11.2. The molecule has 0 spiro atoms. The Labute approximate surface area is 250 Å². The molecule has 0 aromatic heterocycles. The summed E-state index contributed by atoms with van der Waals surface area (Å²) >= 11 is 1.65. The first-order valence-electron chi connectivity index (χ1n) is 14.1. The van der Waals surface area contributed by atoms with E-state index in [1.54, 1.807) is 17.2 Å². The first kappa shape index (κ1) is 31.7. The molecule has 3 atom stereocenters. The van der Waals surface area contributed by atoms with Gasteiger partial charge < -0.3 is 25.0 Å². The molecule has 1 aliphatic heterocycles. The van der Waals surface area contributed by atoms with Gasteiger partial charge in [-0.2, -0.15) is 11.8 Å². The number of carbonyl (C=O) groups excluding carboxylic acids is 2. The van der Waals surface area contributed by atoms with Gasteiger partial charge in [0, 0.05) is 42.9 Å². The molecule has 0 bridgehead atoms. The molecule has 10 heteroatoms. The van der Waals surface area contributed by atoms with Crippen molar-refractivity contribution in [2.45, 2.75) is 57.3 Å². The zero-order valence-electron chi connectivity index (χ0n) is 23.4. The SMILES string of the molecule is O=C(CCCC(=O)NCc1ccccc1-c1ccc([C@@H]2O[C@H](CSCCO)C[C@H](c3ccc(CO)cc3)O2)cc1)NO. The fraction of sp³-hybridized carbons (Fsp3) is 0.375. The van der Waals surface area contributed by atoms with Crippen molar-refractivity contribution < 1.29 is 34.5 Å². The van der Waals surface area contributed by atoms with Crippen LogP contribution < -0.4 is 10.8 Å². The average molecular weight is 595 g/mol. The predicted octanol–water partition coefficient (Wildman–Crippen LogP) is 4.41. The molecule has 5 N–H and O–H groups in total. The Balaban J connectivity index is 1.44. The minimum Gasteiger partial charge on any atom is -0.396 e. The molecule has 2 amide bonds. The molecule has 42 heavy (non-hydrogen) atoms. The first-order valence-corrected chi connectivity index (χ1v) is 15.2. The van der Waals surface area contributed by atoms with Crippen LogP contribution in [0.5, 0.6) is 0 Å². The summed E-state index contributed by atoms with van der Waals surface area (Å²) in [4.78, 5) is 23.4. The topological polar surface area (TPSA) is 137 Å². The van der Waals surface area contributed by atoms with E-state index in [9.17, 15) is 19.8 Å². The van der Waals surface area contributed by atoms with Crippen LogP contribution in [-0.4, -0.2) is 51.5 Å². The number of ether oxygens (including phenoxy) is 2. The first-order chi connectivity index (χ1) is 20.5. The lowest BCUT2D eigenvalue weighted by Gasteiger charge is -2.36. The zero-order chi connectivity index (χ0) is 29.7. The van der Waals surface area contributed by atoms with E-state index in [1.165, 1.54) is 0 Å². The van der Waals surface area contributed by atoms with Crippen LogP contribution in [0.15, 0.2) is 72.8 Å². The van der Waals surface area contributed by atoms with Crippen LogP contribution in [0.3, 0.4) is 0 Å². The van der Waals surface area contributed by atoms with Gasteiger partial charge in [-0.3, -0.25) is 14.8 Å². The Morgan fingerprint density at radius 3 is 2.31 bits per heavy atom. The maximum absolute atomic E-state index is 12.3. The zero-order valence-corrected chi connectivity index (χ0v) is 24.2. The van der Waals surface area contributed by atoms with E-state index in [4.69, 9.17) is 14.7 Å². The number of nitrogens with one attached hydrogen (secondary N) is 2. The van der Waals surface area contributed by atoms with Crippen molar-refractivity contribution in [3.8, 4) is 11.1 Å². The van der Waals surface area contributed by atoms with Crippen molar-refractivity contribution in [3.05, 3.63) is 95.1 Å². The van der Waals surface area contributed by atoms with Crippen LogP contribution in [0, 0.1) is 0 Å². The van der Waals surface area contributed by atoms with Gasteiger partial charge in [0.1, 0.15) is 0 Å². The van der Waals surface area contributed by atoms with Crippen LogP contribution in [0.2, 0.25) is 0 Å². The maximum Gasteiger partial charge on any atom is 0.243 e. The standard InChI is InChI=1S/C32H38N2O7S/c35-16-17-42-21-27-18-29(24-10-8-22(20-36)9-11-24)41-32(40-27)25-14-12-23(13-15-25)28-5-2-1-4-26(28)19-33-30(37)6-3-7-31(38)34-39/h1-2,4-5,8-15,27,29,32,35-36,39H,3,6-7,16-21H2,(H,33,37)(H,34,38)/t27-,29+,32+/m0/s1. The highest BCUT2D eigenvalue weighted by molar-refractivity contribution is 7.99. The predicted molar refractivity (Wildman–Crippen MR) is 160 cm³/mol. The van der Waals surface area contributed by atoms with Crippen molar-refractivity contribution in [3.63, 3.8) is 0 Å². The van der Waals surface area contributed by atoms with Crippen molar-refractivity contribution in [2.75, 3.05) is 18.1 Å². The van der Waals surface area contributed by atoms with Crippen LogP contribution in [-0.2, 0) is 32.2 Å². The highest BCUT2D eigenvalue weighted by Gasteiger charge is 2.32. The lowest BCUT2D eigenvalue weighted by molar-refractivity contribution is -0.245. The van der Waals surface area contributed by atoms with Crippen LogP contribution in [0.4, 0.5) is 0 Å². The van der Waals surface area contributed by atoms with Gasteiger partial charge in [-0.05, 0) is 34.2 Å². The molecule has 1 saturated heterocycles. The number of amides is 2. The van der Waals surface area contributed by atoms with E-state index < -0.39 is 12.2 Å². The molecule has 0 unspecified atom stereocenters. The van der Waals surface area contributed by atoms with Crippen molar-refractivity contribution in [1.82, 2.24) is 10.8 Å². The smallest absolute Gasteiger partial charge is 0.243 e. The summed E-state index contributed by atoms with van der Waals surface area (Å²) in [5.74, 6) is 0.724. The fourth-order valence-electron chi connectivity index (χ4n) is 4.83. The average Bonchev–Trinajstić information content (AvgIpc) is 3.04. The molecule has 224 valence electrons. The lowest BCUT2D eigenvalue weighted by Crippen LogP contribution is -2.31. The van der Waals surface area contributed by atoms with E-state index in [0.29, 0.717) is 25.1 Å². The van der Waals surface area contributed by atoms with E-state index in [0.717, 1.165) is 39.1 Å². The fourth-order valence-corrected chi connectivity index (χ4v) is 5.60. The van der Waals surface area contributed by atoms with Gasteiger partial charge in [-0.1, -0.05) is 72.8 Å². The monoisotopic (exact) mass is 594 g/mol. The number of hydroxylamine groups is 1. The Morgan fingerprint density at radius 1 is 0.881 bits per heavy atom. The molecule has 3 aromatic carbocycles. The molecule has 1 aliphatic rings. The second kappa shape index (κ2) is 16.4. The Hall–Kier alpha value is -3.25. The largest absolute Gasteiger partial charge is 0.396 e. The third-order valence-corrected chi connectivity index (χ3v) is 8.15. The molecule has 0 radical (unpaired) electrons. The van der Waals surface area contributed by atoms with Gasteiger partial charge in [0.2, 0.25) is 11.8 Å². The van der Waals surface area contributed by atoms with Gasteiger partial charge in [0.05, 0.1) is 25.4 Å². The Bertz CT molecular complexity index is 1290. The molecule has 9 nitrogen and oxygen atoms in total. The highest BCUT2D eigenvalue weighted by Crippen LogP contribution is 2.39. The third-order valence-electron chi connectivity index (χ3n) is 7.07. The summed E-state index contributed by atoms with van der Waals surface area (Å²) in [5.41, 5.74) is 7.29. The summed E-state index contributed by atoms with van der Waals surface area (Å²) in [6.07, 6.45) is 0.542. The molecular formula is C32H38N2O7S. The van der Waals surface area contributed by atoms with Gasteiger partial charge in [-0.25, -0.2) is 5.48 Å². The second-order valence-electron chi connectivity index (χ2n) is 10.1. The van der Waals surface area contributed by atoms with Crippen molar-refractivity contribution in [1.29, 1.82) is 0 Å². The molecule has 0 aliphatic carbocycles. The molecule has 1 fully saturated rings. The van der Waals surface area contributed by atoms with Crippen LogP contribution in [0.1, 0.15) is 60.3 Å². The molecule has 3 aromatic rings. The number of carbonyl (C=O) groups is 2. The van der Waals surface area contributed by atoms with Gasteiger partial charge in [-0.15, -0.1) is 0 Å². The van der Waals surface area contributed by atoms with E-state index >= 15 is 0 Å². The summed E-state index contributed by atoms with van der Waals surface area (Å²) in [5, 5.41) is 30.1. The maximum atomic E-state index is 12.3. The molecule has 0 saturated carbocycles. The number of thioether (sulfide) groups is 1. The minimum atomic E-state index is -0.558. The van der Waals surface area contributed by atoms with E-state index in [1.807, 2.05) is 72.8 Å². The summed E-state index contributed by atoms with van der Waals surface area (Å²) in [7, 11) is 0. The summed E-state index contributed by atoms with van der Waals surface area (Å²) in [6, 6.07) is 23.7. The van der Waals surface area contributed by atoms with Crippen molar-refractivity contribution >= 4 is 23.6 Å². The number of benzene rings is 3. The van der Waals surface area contributed by atoms with Gasteiger partial charge in [0.15, 0.2) is 6.29 Å². The Kier molecular flexibility index (Phi) is 12.4. The lowest BCUT2D eigenvalue weighted by atomic mass is 9.97. The minimum absolute atomic E-state index is 0.00861. The molecule has 4 rings (SSSR count). The number of aliphatic hydroxyl groups is 2. The Morgan fingerprint density at radius 2 is 1.60 bits per heavy atom. The van der Waals surface area contributed by atoms with E-state index in [2.05, 4.69) is 5.32 Å². The number of hydrogen-bond donors (Lipinski definition) is 5. The summed E-state index contributed by atoms with van der Waals surface area (Å²) in [6.45, 7) is 0.465. The number of hydrogen-bond acceptors (Lipinski definition) is 8. The molecule has 1 heterocycles. The van der Waals surface area contributed by atoms with Gasteiger partial charge in [0.25, 0.3) is 0 Å².